The number of pyridine rings is 1. The molecule has 1 aliphatic carbocycles. The summed E-state index contributed by atoms with van der Waals surface area (Å²) in [6, 6.07) is 6.38. The first-order chi connectivity index (χ1) is 12.2. The molecule has 0 bridgehead atoms. The number of hydrogen-bond donors (Lipinski definition) is 2. The lowest BCUT2D eigenvalue weighted by atomic mass is 9.98. The normalized spacial score (nSPS) is 13.8. The molecule has 1 amide bonds. The van der Waals surface area contributed by atoms with E-state index in [-0.39, 0.29) is 5.91 Å². The summed E-state index contributed by atoms with van der Waals surface area (Å²) in [5.41, 5.74) is 3.96. The number of hydrogen-bond acceptors (Lipinski definition) is 3. The standard InChI is InChI=1S/C20H21N3O2/c1-12-14(10-22-19(12)20(24)23-15-4-5-15)9-13-3-6-18(25-2)16-7-8-21-11-17(13)16/h3,6-8,10-11,15,22H,4-5,9H2,1-2H3,(H,23,24). The summed E-state index contributed by atoms with van der Waals surface area (Å²) in [4.78, 5) is 19.7. The predicted octanol–water partition coefficient (Wildman–Crippen LogP) is 3.36. The molecular formula is C20H21N3O2. The Kier molecular flexibility index (Phi) is 3.92. The lowest BCUT2D eigenvalue weighted by Crippen LogP contribution is -2.26. The molecule has 4 rings (SSSR count). The SMILES string of the molecule is COc1ccc(Cc2c[nH]c(C(=O)NC3CC3)c2C)c2cnccc12. The third kappa shape index (κ3) is 2.97. The van der Waals surface area contributed by atoms with Crippen molar-refractivity contribution in [2.24, 2.45) is 0 Å². The monoisotopic (exact) mass is 335 g/mol. The Bertz CT molecular complexity index is 941. The van der Waals surface area contributed by atoms with E-state index < -0.39 is 0 Å². The van der Waals surface area contributed by atoms with Crippen molar-refractivity contribution < 1.29 is 9.53 Å². The maximum absolute atomic E-state index is 12.3. The molecule has 0 radical (unpaired) electrons. The number of nitrogens with one attached hydrogen (secondary N) is 2. The van der Waals surface area contributed by atoms with Crippen molar-refractivity contribution in [3.8, 4) is 5.75 Å². The second-order valence-corrected chi connectivity index (χ2v) is 6.59. The van der Waals surface area contributed by atoms with Gasteiger partial charge in [0.15, 0.2) is 0 Å². The molecule has 0 spiro atoms. The van der Waals surface area contributed by atoms with Crippen molar-refractivity contribution in [3.05, 3.63) is 59.2 Å². The van der Waals surface area contributed by atoms with Crippen molar-refractivity contribution in [2.45, 2.75) is 32.2 Å². The maximum Gasteiger partial charge on any atom is 0.268 e. The summed E-state index contributed by atoms with van der Waals surface area (Å²) in [5.74, 6) is 0.837. The number of aromatic amines is 1. The Balaban J connectivity index is 1.66. The highest BCUT2D eigenvalue weighted by Gasteiger charge is 2.25. The minimum atomic E-state index is -0.00694. The van der Waals surface area contributed by atoms with Crippen molar-refractivity contribution in [2.75, 3.05) is 7.11 Å². The molecule has 25 heavy (non-hydrogen) atoms. The van der Waals surface area contributed by atoms with Crippen molar-refractivity contribution >= 4 is 16.7 Å². The Morgan fingerprint density at radius 1 is 1.28 bits per heavy atom. The van der Waals surface area contributed by atoms with Crippen LogP contribution in [0.15, 0.2) is 36.8 Å². The molecule has 1 aromatic carbocycles. The van der Waals surface area contributed by atoms with E-state index in [0.29, 0.717) is 11.7 Å². The Morgan fingerprint density at radius 2 is 2.12 bits per heavy atom. The third-order valence-electron chi connectivity index (χ3n) is 4.86. The van der Waals surface area contributed by atoms with Crippen LogP contribution in [0.1, 0.15) is 40.0 Å². The van der Waals surface area contributed by atoms with E-state index in [9.17, 15) is 4.79 Å². The van der Waals surface area contributed by atoms with Crippen LogP contribution in [0.2, 0.25) is 0 Å². The Hall–Kier alpha value is -2.82. The van der Waals surface area contributed by atoms with E-state index >= 15 is 0 Å². The van der Waals surface area contributed by atoms with Crippen molar-refractivity contribution in [1.82, 2.24) is 15.3 Å². The minimum absolute atomic E-state index is 0.00694. The molecule has 0 unspecified atom stereocenters. The summed E-state index contributed by atoms with van der Waals surface area (Å²) >= 11 is 0. The maximum atomic E-state index is 12.3. The summed E-state index contributed by atoms with van der Waals surface area (Å²) in [6.45, 7) is 2.00. The van der Waals surface area contributed by atoms with E-state index in [2.05, 4.69) is 21.4 Å². The van der Waals surface area contributed by atoms with E-state index in [1.165, 1.54) is 5.56 Å². The number of carbonyl (C=O) groups excluding carboxylic acids is 1. The molecule has 1 fully saturated rings. The fraction of sp³-hybridized carbons (Fsp3) is 0.300. The van der Waals surface area contributed by atoms with Gasteiger partial charge in [0.25, 0.3) is 5.91 Å². The van der Waals surface area contributed by atoms with Crippen LogP contribution < -0.4 is 10.1 Å². The largest absolute Gasteiger partial charge is 0.496 e. The fourth-order valence-corrected chi connectivity index (χ4v) is 3.20. The number of rotatable bonds is 5. The molecule has 2 aromatic heterocycles. The number of H-pyrrole nitrogens is 1. The highest BCUT2D eigenvalue weighted by Crippen LogP contribution is 2.30. The molecule has 1 aliphatic rings. The molecule has 0 aliphatic heterocycles. The lowest BCUT2D eigenvalue weighted by molar-refractivity contribution is 0.0946. The van der Waals surface area contributed by atoms with Crippen LogP contribution in [-0.4, -0.2) is 29.0 Å². The number of nitrogens with zero attached hydrogens (tertiary/aromatic N) is 1. The predicted molar refractivity (Wildman–Crippen MR) is 97.1 cm³/mol. The van der Waals surface area contributed by atoms with Crippen LogP contribution in [0.3, 0.4) is 0 Å². The van der Waals surface area contributed by atoms with E-state index in [1.807, 2.05) is 31.5 Å². The lowest BCUT2D eigenvalue weighted by Gasteiger charge is -2.10. The molecule has 2 N–H and O–H groups in total. The third-order valence-corrected chi connectivity index (χ3v) is 4.86. The van der Waals surface area contributed by atoms with Gasteiger partial charge < -0.3 is 15.0 Å². The molecule has 2 heterocycles. The Morgan fingerprint density at radius 3 is 2.88 bits per heavy atom. The van der Waals surface area contributed by atoms with Gasteiger partial charge in [-0.25, -0.2) is 0 Å². The molecule has 5 nitrogen and oxygen atoms in total. The number of fused-ring (bicyclic) bond motifs is 1. The second-order valence-electron chi connectivity index (χ2n) is 6.59. The van der Waals surface area contributed by atoms with Gasteiger partial charge in [-0.15, -0.1) is 0 Å². The molecule has 128 valence electrons. The van der Waals surface area contributed by atoms with Gasteiger partial charge in [-0.05, 0) is 55.0 Å². The molecule has 0 saturated heterocycles. The molecule has 0 atom stereocenters. The van der Waals surface area contributed by atoms with Gasteiger partial charge in [0.2, 0.25) is 0 Å². The highest BCUT2D eigenvalue weighted by molar-refractivity contribution is 5.95. The number of carbonyl (C=O) groups is 1. The minimum Gasteiger partial charge on any atom is -0.496 e. The zero-order valence-corrected chi connectivity index (χ0v) is 14.4. The zero-order chi connectivity index (χ0) is 17.4. The molecule has 1 saturated carbocycles. The summed E-state index contributed by atoms with van der Waals surface area (Å²) < 4.78 is 5.45. The average Bonchev–Trinajstić information content (AvgIpc) is 3.37. The van der Waals surface area contributed by atoms with Gasteiger partial charge >= 0.3 is 0 Å². The Labute approximate surface area is 146 Å². The average molecular weight is 335 g/mol. The number of aromatic nitrogens is 2. The van der Waals surface area contributed by atoms with E-state index in [4.69, 9.17) is 4.74 Å². The van der Waals surface area contributed by atoms with Crippen LogP contribution in [0.5, 0.6) is 5.75 Å². The summed E-state index contributed by atoms with van der Waals surface area (Å²) in [5, 5.41) is 5.16. The van der Waals surface area contributed by atoms with Gasteiger partial charge in [-0.3, -0.25) is 9.78 Å². The molecule has 5 heteroatoms. The molecular weight excluding hydrogens is 314 g/mol. The van der Waals surface area contributed by atoms with Gasteiger partial charge in [0, 0.05) is 35.4 Å². The smallest absolute Gasteiger partial charge is 0.268 e. The van der Waals surface area contributed by atoms with Gasteiger partial charge in [0.05, 0.1) is 7.11 Å². The number of ether oxygens (including phenoxy) is 1. The van der Waals surface area contributed by atoms with Crippen LogP contribution in [0.4, 0.5) is 0 Å². The molecule has 3 aromatic rings. The zero-order valence-electron chi connectivity index (χ0n) is 14.4. The van der Waals surface area contributed by atoms with Crippen LogP contribution >= 0.6 is 0 Å². The summed E-state index contributed by atoms with van der Waals surface area (Å²) in [7, 11) is 1.68. The number of methoxy groups -OCH3 is 1. The second kappa shape index (κ2) is 6.24. The van der Waals surface area contributed by atoms with E-state index in [0.717, 1.165) is 46.9 Å². The van der Waals surface area contributed by atoms with Crippen molar-refractivity contribution in [1.29, 1.82) is 0 Å². The first-order valence-electron chi connectivity index (χ1n) is 8.54. The van der Waals surface area contributed by atoms with Gasteiger partial charge in [-0.2, -0.15) is 0 Å². The van der Waals surface area contributed by atoms with E-state index in [1.54, 1.807) is 13.3 Å². The van der Waals surface area contributed by atoms with Gasteiger partial charge in [0.1, 0.15) is 11.4 Å². The fourth-order valence-electron chi connectivity index (χ4n) is 3.20. The number of amides is 1. The quantitative estimate of drug-likeness (QED) is 0.751. The number of benzene rings is 1. The van der Waals surface area contributed by atoms with Crippen LogP contribution in [0, 0.1) is 6.92 Å². The van der Waals surface area contributed by atoms with Crippen molar-refractivity contribution in [3.63, 3.8) is 0 Å². The van der Waals surface area contributed by atoms with Gasteiger partial charge in [-0.1, -0.05) is 6.07 Å². The topological polar surface area (TPSA) is 67.0 Å². The van der Waals surface area contributed by atoms with Crippen LogP contribution in [0.25, 0.3) is 10.8 Å². The first kappa shape index (κ1) is 15.7. The summed E-state index contributed by atoms with van der Waals surface area (Å²) in [6.07, 6.45) is 8.49. The highest BCUT2D eigenvalue weighted by atomic mass is 16.5. The first-order valence-corrected chi connectivity index (χ1v) is 8.54. The van der Waals surface area contributed by atoms with Crippen LogP contribution in [-0.2, 0) is 6.42 Å².